The van der Waals surface area contributed by atoms with Gasteiger partial charge in [-0.2, -0.15) is 18.3 Å². The molecule has 5 nitrogen and oxygen atoms in total. The first-order valence-electron chi connectivity index (χ1n) is 7.00. The van der Waals surface area contributed by atoms with Gasteiger partial charge in [0.25, 0.3) is 0 Å². The predicted octanol–water partition coefficient (Wildman–Crippen LogP) is 3.76. The van der Waals surface area contributed by atoms with Crippen molar-refractivity contribution in [3.63, 3.8) is 0 Å². The van der Waals surface area contributed by atoms with Gasteiger partial charge in [-0.05, 0) is 32.0 Å². The Bertz CT molecular complexity index is 771. The van der Waals surface area contributed by atoms with Crippen LogP contribution in [0.3, 0.4) is 0 Å². The van der Waals surface area contributed by atoms with Gasteiger partial charge in [-0.3, -0.25) is 9.48 Å². The van der Waals surface area contributed by atoms with Crippen LogP contribution in [0.5, 0.6) is 0 Å². The van der Waals surface area contributed by atoms with Crippen molar-refractivity contribution in [2.45, 2.75) is 20.0 Å². The number of carbonyl (C=O) groups is 1. The summed E-state index contributed by atoms with van der Waals surface area (Å²) in [5.41, 5.74) is 1.24. The van der Waals surface area contributed by atoms with E-state index in [-0.39, 0.29) is 17.3 Å². The average Bonchev–Trinajstić information content (AvgIpc) is 2.71. The summed E-state index contributed by atoms with van der Waals surface area (Å²) in [4.78, 5) is 12.0. The largest absolute Gasteiger partial charge is 0.417 e. The molecule has 0 atom stereocenters. The zero-order valence-corrected chi connectivity index (χ0v) is 14.0. The van der Waals surface area contributed by atoms with Crippen LogP contribution < -0.4 is 10.6 Å². The van der Waals surface area contributed by atoms with E-state index in [0.29, 0.717) is 11.4 Å². The maximum absolute atomic E-state index is 12.8. The molecule has 24 heavy (non-hydrogen) atoms. The summed E-state index contributed by atoms with van der Waals surface area (Å²) < 4.78 is 40.0. The molecule has 0 saturated carbocycles. The van der Waals surface area contributed by atoms with Crippen molar-refractivity contribution in [1.82, 2.24) is 9.78 Å². The lowest BCUT2D eigenvalue weighted by molar-refractivity contribution is -0.137. The Hall–Kier alpha value is -2.22. The summed E-state index contributed by atoms with van der Waals surface area (Å²) in [6.45, 7) is 3.37. The molecule has 0 radical (unpaired) electrons. The molecular weight excluding hydrogens is 345 g/mol. The van der Waals surface area contributed by atoms with Crippen molar-refractivity contribution < 1.29 is 18.0 Å². The maximum Gasteiger partial charge on any atom is 0.417 e. The van der Waals surface area contributed by atoms with Gasteiger partial charge in [-0.25, -0.2) is 0 Å². The minimum absolute atomic E-state index is 0.154. The molecule has 0 unspecified atom stereocenters. The van der Waals surface area contributed by atoms with Crippen molar-refractivity contribution >= 4 is 28.9 Å². The zero-order chi connectivity index (χ0) is 18.1. The molecule has 2 N–H and O–H groups in total. The van der Waals surface area contributed by atoms with Gasteiger partial charge < -0.3 is 10.6 Å². The van der Waals surface area contributed by atoms with Gasteiger partial charge in [0.2, 0.25) is 5.91 Å². The van der Waals surface area contributed by atoms with E-state index in [9.17, 15) is 18.0 Å². The highest BCUT2D eigenvalue weighted by Gasteiger charge is 2.33. The molecule has 0 aliphatic carbocycles. The van der Waals surface area contributed by atoms with E-state index >= 15 is 0 Å². The first kappa shape index (κ1) is 18.1. The number of carbonyl (C=O) groups excluding carboxylic acids is 1. The van der Waals surface area contributed by atoms with Crippen molar-refractivity contribution in [3.8, 4) is 0 Å². The highest BCUT2D eigenvalue weighted by atomic mass is 35.5. The monoisotopic (exact) mass is 360 g/mol. The third-order valence-corrected chi connectivity index (χ3v) is 3.83. The molecule has 0 saturated heterocycles. The van der Waals surface area contributed by atoms with E-state index in [1.165, 1.54) is 6.07 Å². The fourth-order valence-corrected chi connectivity index (χ4v) is 2.40. The molecule has 1 aromatic carbocycles. The Morgan fingerprint density at radius 1 is 1.33 bits per heavy atom. The summed E-state index contributed by atoms with van der Waals surface area (Å²) in [5, 5.41) is 9.13. The number of rotatable bonds is 4. The standard InChI is InChI=1S/C15H16ClF3N4O/c1-8-14(9(2)23(3)22-8)21-13(24)7-20-10-4-5-12(16)11(6-10)15(17,18)19/h4-6,20H,7H2,1-3H3,(H,21,24). The van der Waals surface area contributed by atoms with Crippen molar-refractivity contribution in [2.75, 3.05) is 17.2 Å². The molecule has 0 aliphatic rings. The minimum Gasteiger partial charge on any atom is -0.376 e. The van der Waals surface area contributed by atoms with Gasteiger partial charge >= 0.3 is 6.18 Å². The Labute approximate surface area is 141 Å². The van der Waals surface area contributed by atoms with E-state index in [2.05, 4.69) is 15.7 Å². The predicted molar refractivity (Wildman–Crippen MR) is 86.3 cm³/mol. The number of benzene rings is 1. The van der Waals surface area contributed by atoms with Crippen molar-refractivity contribution in [2.24, 2.45) is 7.05 Å². The van der Waals surface area contributed by atoms with Crippen LogP contribution in [0.4, 0.5) is 24.5 Å². The van der Waals surface area contributed by atoms with Crippen LogP contribution in [0.2, 0.25) is 5.02 Å². The summed E-state index contributed by atoms with van der Waals surface area (Å²) in [6.07, 6.45) is -4.55. The molecule has 9 heteroatoms. The second-order valence-electron chi connectivity index (χ2n) is 5.26. The zero-order valence-electron chi connectivity index (χ0n) is 13.3. The molecule has 0 fully saturated rings. The van der Waals surface area contributed by atoms with E-state index < -0.39 is 17.6 Å². The Kier molecular flexibility index (Phi) is 5.08. The molecule has 2 rings (SSSR count). The third-order valence-electron chi connectivity index (χ3n) is 3.50. The number of anilines is 2. The topological polar surface area (TPSA) is 59.0 Å². The molecule has 0 spiro atoms. The Morgan fingerprint density at radius 2 is 2.00 bits per heavy atom. The van der Waals surface area contributed by atoms with Gasteiger partial charge in [0.1, 0.15) is 0 Å². The first-order valence-corrected chi connectivity index (χ1v) is 7.38. The van der Waals surface area contributed by atoms with E-state index in [4.69, 9.17) is 11.6 Å². The SMILES string of the molecule is Cc1nn(C)c(C)c1NC(=O)CNc1ccc(Cl)c(C(F)(F)F)c1. The van der Waals surface area contributed by atoms with Crippen molar-refractivity contribution in [3.05, 3.63) is 40.2 Å². The number of amides is 1. The molecule has 1 aromatic heterocycles. The summed E-state index contributed by atoms with van der Waals surface area (Å²) in [5.74, 6) is -0.391. The Balaban J connectivity index is 2.04. The molecule has 1 amide bonds. The van der Waals surface area contributed by atoms with Gasteiger partial charge in [0, 0.05) is 12.7 Å². The minimum atomic E-state index is -4.55. The molecule has 0 bridgehead atoms. The fourth-order valence-electron chi connectivity index (χ4n) is 2.17. The van der Waals surface area contributed by atoms with Gasteiger partial charge in [-0.1, -0.05) is 11.6 Å². The van der Waals surface area contributed by atoms with Crippen LogP contribution in [0.25, 0.3) is 0 Å². The van der Waals surface area contributed by atoms with E-state index in [0.717, 1.165) is 17.8 Å². The number of alkyl halides is 3. The normalized spacial score (nSPS) is 11.5. The number of hydrogen-bond donors (Lipinski definition) is 2. The number of aromatic nitrogens is 2. The van der Waals surface area contributed by atoms with E-state index in [1.54, 1.807) is 25.6 Å². The maximum atomic E-state index is 12.8. The molecular formula is C15H16ClF3N4O. The number of aryl methyl sites for hydroxylation is 2. The number of halogens is 4. The fraction of sp³-hybridized carbons (Fsp3) is 0.333. The Morgan fingerprint density at radius 3 is 2.54 bits per heavy atom. The number of nitrogens with one attached hydrogen (secondary N) is 2. The van der Waals surface area contributed by atoms with Crippen LogP contribution in [0.15, 0.2) is 18.2 Å². The second kappa shape index (κ2) is 6.72. The van der Waals surface area contributed by atoms with Crippen LogP contribution in [-0.2, 0) is 18.0 Å². The summed E-state index contributed by atoms with van der Waals surface area (Å²) >= 11 is 5.55. The average molecular weight is 361 g/mol. The molecule has 130 valence electrons. The first-order chi connectivity index (χ1) is 11.1. The highest BCUT2D eigenvalue weighted by Crippen LogP contribution is 2.36. The molecule has 1 heterocycles. The quantitative estimate of drug-likeness (QED) is 0.872. The highest BCUT2D eigenvalue weighted by molar-refractivity contribution is 6.31. The van der Waals surface area contributed by atoms with Crippen LogP contribution in [0, 0.1) is 13.8 Å². The lowest BCUT2D eigenvalue weighted by Gasteiger charge is -2.12. The molecule has 2 aromatic rings. The number of nitrogens with zero attached hydrogens (tertiary/aromatic N) is 2. The van der Waals surface area contributed by atoms with E-state index in [1.807, 2.05) is 0 Å². The van der Waals surface area contributed by atoms with Crippen LogP contribution >= 0.6 is 11.6 Å². The smallest absolute Gasteiger partial charge is 0.376 e. The summed E-state index contributed by atoms with van der Waals surface area (Å²) in [7, 11) is 1.75. The van der Waals surface area contributed by atoms with Crippen LogP contribution in [0.1, 0.15) is 17.0 Å². The molecule has 0 aliphatic heterocycles. The third kappa shape index (κ3) is 4.00. The van der Waals surface area contributed by atoms with Crippen LogP contribution in [-0.4, -0.2) is 22.2 Å². The summed E-state index contributed by atoms with van der Waals surface area (Å²) in [6, 6.07) is 3.39. The second-order valence-corrected chi connectivity index (χ2v) is 5.67. The number of hydrogen-bond acceptors (Lipinski definition) is 3. The lowest BCUT2D eigenvalue weighted by Crippen LogP contribution is -2.22. The van der Waals surface area contributed by atoms with Gasteiger partial charge in [0.15, 0.2) is 0 Å². The lowest BCUT2D eigenvalue weighted by atomic mass is 10.2. The van der Waals surface area contributed by atoms with Gasteiger partial charge in [0.05, 0.1) is 34.2 Å². The van der Waals surface area contributed by atoms with Gasteiger partial charge in [-0.15, -0.1) is 0 Å². The van der Waals surface area contributed by atoms with Crippen molar-refractivity contribution in [1.29, 1.82) is 0 Å².